The average molecular weight is 371 g/mol. The van der Waals surface area contributed by atoms with Gasteiger partial charge in [-0.2, -0.15) is 5.10 Å². The number of hydrogen-bond donors (Lipinski definition) is 0. The van der Waals surface area contributed by atoms with E-state index in [0.29, 0.717) is 12.0 Å². The number of non-ortho nitro benzene ring substituents is 1. The Bertz CT molecular complexity index is 1030. The molecule has 0 aliphatic carbocycles. The molecule has 0 N–H and O–H groups in total. The number of nitrogens with zero attached hydrogens (tertiary/aromatic N) is 3. The standard InChI is InChI=1S/C22H17N3O3/c26-22(18-9-5-2-6-10-18)24-21(17-7-3-1-4-8-17)15-20(23-24)16-11-13-19(14-12-16)25(27)28/h1-14,21H,15H2. The van der Waals surface area contributed by atoms with Crippen molar-refractivity contribution in [1.82, 2.24) is 5.01 Å². The van der Waals surface area contributed by atoms with Gasteiger partial charge in [-0.1, -0.05) is 48.5 Å². The lowest BCUT2D eigenvalue weighted by atomic mass is 9.98. The fraction of sp³-hybridized carbons (Fsp3) is 0.0909. The van der Waals surface area contributed by atoms with Gasteiger partial charge in [0, 0.05) is 24.1 Å². The SMILES string of the molecule is O=C(c1ccccc1)N1N=C(c2ccc([N+](=O)[O-])cc2)CC1c1ccccc1. The van der Waals surface area contributed by atoms with Crippen LogP contribution in [0.5, 0.6) is 0 Å². The van der Waals surface area contributed by atoms with Gasteiger partial charge in [-0.05, 0) is 35.4 Å². The molecule has 1 atom stereocenters. The molecule has 0 saturated heterocycles. The van der Waals surface area contributed by atoms with E-state index in [4.69, 9.17) is 0 Å². The highest BCUT2D eigenvalue weighted by molar-refractivity contribution is 6.05. The van der Waals surface area contributed by atoms with Crippen molar-refractivity contribution in [3.05, 3.63) is 112 Å². The van der Waals surface area contributed by atoms with Crippen LogP contribution >= 0.6 is 0 Å². The van der Waals surface area contributed by atoms with E-state index in [1.54, 1.807) is 24.3 Å². The van der Waals surface area contributed by atoms with Crippen molar-refractivity contribution < 1.29 is 9.72 Å². The molecule has 0 bridgehead atoms. The number of hydrazone groups is 1. The van der Waals surface area contributed by atoms with Crippen LogP contribution in [0.4, 0.5) is 5.69 Å². The summed E-state index contributed by atoms with van der Waals surface area (Å²) in [5, 5.41) is 17.0. The van der Waals surface area contributed by atoms with Crippen molar-refractivity contribution in [3.8, 4) is 0 Å². The van der Waals surface area contributed by atoms with Crippen molar-refractivity contribution in [3.63, 3.8) is 0 Å². The number of hydrogen-bond acceptors (Lipinski definition) is 4. The van der Waals surface area contributed by atoms with Gasteiger partial charge in [0.2, 0.25) is 0 Å². The monoisotopic (exact) mass is 371 g/mol. The molecule has 28 heavy (non-hydrogen) atoms. The van der Waals surface area contributed by atoms with E-state index < -0.39 is 4.92 Å². The Morgan fingerprint density at radius 1 is 0.929 bits per heavy atom. The van der Waals surface area contributed by atoms with Crippen LogP contribution in [0.15, 0.2) is 90.0 Å². The zero-order valence-corrected chi connectivity index (χ0v) is 14.9. The van der Waals surface area contributed by atoms with E-state index in [2.05, 4.69) is 5.10 Å². The molecule has 6 heteroatoms. The van der Waals surface area contributed by atoms with Crippen LogP contribution in [0.3, 0.4) is 0 Å². The van der Waals surface area contributed by atoms with Gasteiger partial charge in [0.1, 0.15) is 0 Å². The fourth-order valence-electron chi connectivity index (χ4n) is 3.30. The number of nitro groups is 1. The molecule has 0 fully saturated rings. The predicted octanol–water partition coefficient (Wildman–Crippen LogP) is 4.59. The smallest absolute Gasteiger partial charge is 0.267 e. The number of nitro benzene ring substituents is 1. The maximum atomic E-state index is 13.1. The maximum absolute atomic E-state index is 13.1. The van der Waals surface area contributed by atoms with Gasteiger partial charge in [0.15, 0.2) is 0 Å². The van der Waals surface area contributed by atoms with Crippen LogP contribution in [0.25, 0.3) is 0 Å². The highest BCUT2D eigenvalue weighted by Gasteiger charge is 2.33. The first-order valence-corrected chi connectivity index (χ1v) is 8.89. The van der Waals surface area contributed by atoms with E-state index in [1.807, 2.05) is 48.5 Å². The van der Waals surface area contributed by atoms with Crippen LogP contribution in [0.1, 0.15) is 33.9 Å². The van der Waals surface area contributed by atoms with Gasteiger partial charge in [-0.25, -0.2) is 5.01 Å². The molecule has 4 rings (SSSR count). The van der Waals surface area contributed by atoms with Crippen molar-refractivity contribution >= 4 is 17.3 Å². The molecule has 1 aliphatic heterocycles. The van der Waals surface area contributed by atoms with E-state index in [1.165, 1.54) is 17.1 Å². The molecule has 1 unspecified atom stereocenters. The quantitative estimate of drug-likeness (QED) is 0.497. The molecule has 1 aliphatic rings. The van der Waals surface area contributed by atoms with Crippen molar-refractivity contribution in [2.24, 2.45) is 5.10 Å². The van der Waals surface area contributed by atoms with Crippen molar-refractivity contribution in [2.75, 3.05) is 0 Å². The lowest BCUT2D eigenvalue weighted by Crippen LogP contribution is -2.27. The molecule has 0 radical (unpaired) electrons. The summed E-state index contributed by atoms with van der Waals surface area (Å²) in [6.45, 7) is 0. The van der Waals surface area contributed by atoms with Crippen LogP contribution < -0.4 is 0 Å². The van der Waals surface area contributed by atoms with E-state index in [-0.39, 0.29) is 17.6 Å². The summed E-state index contributed by atoms with van der Waals surface area (Å²) in [4.78, 5) is 23.5. The Labute approximate surface area is 161 Å². The number of carbonyl (C=O) groups is 1. The number of benzene rings is 3. The molecule has 1 amide bonds. The van der Waals surface area contributed by atoms with Gasteiger partial charge in [-0.3, -0.25) is 14.9 Å². The minimum Gasteiger partial charge on any atom is -0.267 e. The molecular formula is C22H17N3O3. The fourth-order valence-corrected chi connectivity index (χ4v) is 3.30. The largest absolute Gasteiger partial charge is 0.274 e. The van der Waals surface area contributed by atoms with Gasteiger partial charge < -0.3 is 0 Å². The third kappa shape index (κ3) is 3.40. The minimum atomic E-state index is -0.432. The molecule has 3 aromatic carbocycles. The topological polar surface area (TPSA) is 75.8 Å². The first-order valence-electron chi connectivity index (χ1n) is 8.89. The summed E-state index contributed by atoms with van der Waals surface area (Å²) in [6, 6.07) is 24.8. The van der Waals surface area contributed by atoms with E-state index >= 15 is 0 Å². The summed E-state index contributed by atoms with van der Waals surface area (Å²) < 4.78 is 0. The molecule has 0 aromatic heterocycles. The first kappa shape index (κ1) is 17.6. The lowest BCUT2D eigenvalue weighted by molar-refractivity contribution is -0.384. The highest BCUT2D eigenvalue weighted by Crippen LogP contribution is 2.34. The zero-order valence-electron chi connectivity index (χ0n) is 14.9. The summed E-state index contributed by atoms with van der Waals surface area (Å²) >= 11 is 0. The maximum Gasteiger partial charge on any atom is 0.274 e. The Balaban J connectivity index is 1.70. The Morgan fingerprint density at radius 3 is 2.14 bits per heavy atom. The summed E-state index contributed by atoms with van der Waals surface area (Å²) in [6.07, 6.45) is 0.542. The number of rotatable bonds is 4. The average Bonchev–Trinajstić information content (AvgIpc) is 3.20. The van der Waals surface area contributed by atoms with Crippen LogP contribution in [-0.2, 0) is 0 Å². The second-order valence-corrected chi connectivity index (χ2v) is 6.50. The minimum absolute atomic E-state index is 0.0270. The molecule has 6 nitrogen and oxygen atoms in total. The third-order valence-electron chi connectivity index (χ3n) is 4.73. The van der Waals surface area contributed by atoms with E-state index in [0.717, 1.165) is 16.8 Å². The van der Waals surface area contributed by atoms with Gasteiger partial charge in [0.25, 0.3) is 11.6 Å². The van der Waals surface area contributed by atoms with Crippen molar-refractivity contribution in [2.45, 2.75) is 12.5 Å². The Hall–Kier alpha value is -3.80. The molecular weight excluding hydrogens is 354 g/mol. The van der Waals surface area contributed by atoms with Crippen LogP contribution in [-0.4, -0.2) is 21.6 Å². The summed E-state index contributed by atoms with van der Waals surface area (Å²) in [5.41, 5.74) is 3.09. The van der Waals surface area contributed by atoms with Crippen molar-refractivity contribution in [1.29, 1.82) is 0 Å². The zero-order chi connectivity index (χ0) is 19.5. The predicted molar refractivity (Wildman–Crippen MR) is 106 cm³/mol. The summed E-state index contributed by atoms with van der Waals surface area (Å²) in [7, 11) is 0. The van der Waals surface area contributed by atoms with Crippen LogP contribution in [0.2, 0.25) is 0 Å². The molecule has 3 aromatic rings. The highest BCUT2D eigenvalue weighted by atomic mass is 16.6. The lowest BCUT2D eigenvalue weighted by Gasteiger charge is -2.22. The van der Waals surface area contributed by atoms with E-state index in [9.17, 15) is 14.9 Å². The third-order valence-corrected chi connectivity index (χ3v) is 4.73. The van der Waals surface area contributed by atoms with Gasteiger partial charge in [0.05, 0.1) is 16.7 Å². The molecule has 0 saturated carbocycles. The molecule has 138 valence electrons. The number of amides is 1. The second kappa shape index (κ2) is 7.44. The molecule has 0 spiro atoms. The molecule has 1 heterocycles. The summed E-state index contributed by atoms with van der Waals surface area (Å²) in [5.74, 6) is -0.175. The van der Waals surface area contributed by atoms with Gasteiger partial charge >= 0.3 is 0 Å². The Kier molecular flexibility index (Phi) is 4.68. The Morgan fingerprint density at radius 2 is 1.54 bits per heavy atom. The van der Waals surface area contributed by atoms with Crippen LogP contribution in [0, 0.1) is 10.1 Å². The first-order chi connectivity index (χ1) is 13.6. The normalized spacial score (nSPS) is 15.9. The number of carbonyl (C=O) groups excluding carboxylic acids is 1. The second-order valence-electron chi connectivity index (χ2n) is 6.50. The van der Waals surface area contributed by atoms with Gasteiger partial charge in [-0.15, -0.1) is 0 Å².